The molecule has 0 saturated carbocycles. The molecule has 3 rings (SSSR count). The van der Waals surface area contributed by atoms with Gasteiger partial charge in [0.15, 0.2) is 0 Å². The Morgan fingerprint density at radius 1 is 1.14 bits per heavy atom. The molecule has 1 amide bonds. The maximum Gasteiger partial charge on any atom is 0.231 e. The van der Waals surface area contributed by atoms with E-state index in [4.69, 9.17) is 0 Å². The van der Waals surface area contributed by atoms with Crippen molar-refractivity contribution in [3.63, 3.8) is 0 Å². The fourth-order valence-electron chi connectivity index (χ4n) is 2.83. The van der Waals surface area contributed by atoms with E-state index in [1.807, 2.05) is 37.3 Å². The van der Waals surface area contributed by atoms with Gasteiger partial charge in [-0.25, -0.2) is 0 Å². The van der Waals surface area contributed by atoms with E-state index in [0.29, 0.717) is 6.54 Å². The minimum atomic E-state index is -0.0247. The fraction of sp³-hybridized carbons (Fsp3) is 0.263. The Kier molecular flexibility index (Phi) is 4.33. The summed E-state index contributed by atoms with van der Waals surface area (Å²) in [5.74, 6) is 0.106. The molecule has 3 heteroatoms. The van der Waals surface area contributed by atoms with Crippen LogP contribution in [0.4, 0.5) is 0 Å². The number of rotatable bonds is 6. The molecule has 2 aromatic rings. The third-order valence-electron chi connectivity index (χ3n) is 4.10. The first-order valence-corrected chi connectivity index (χ1v) is 7.70. The highest BCUT2D eigenvalue weighted by Gasteiger charge is 2.39. The Labute approximate surface area is 131 Å². The second-order valence-electron chi connectivity index (χ2n) is 5.65. The van der Waals surface area contributed by atoms with Crippen LogP contribution in [0, 0.1) is 5.92 Å². The van der Waals surface area contributed by atoms with Crippen molar-refractivity contribution in [3.05, 3.63) is 71.6 Å². The zero-order chi connectivity index (χ0) is 15.4. The molecule has 3 nitrogen and oxygen atoms in total. The first-order valence-electron chi connectivity index (χ1n) is 7.70. The molecule has 0 bridgehead atoms. The molecule has 112 valence electrons. The molecule has 22 heavy (non-hydrogen) atoms. The van der Waals surface area contributed by atoms with Gasteiger partial charge in [-0.05, 0) is 48.6 Å². The highest BCUT2D eigenvalue weighted by Crippen LogP contribution is 2.46. The van der Waals surface area contributed by atoms with E-state index in [-0.39, 0.29) is 11.8 Å². The topological polar surface area (TPSA) is 42.0 Å². The van der Waals surface area contributed by atoms with Crippen LogP contribution < -0.4 is 5.32 Å². The van der Waals surface area contributed by atoms with Crippen molar-refractivity contribution >= 4 is 11.5 Å². The van der Waals surface area contributed by atoms with Crippen LogP contribution in [-0.4, -0.2) is 17.4 Å². The molecule has 0 fully saturated rings. The zero-order valence-electron chi connectivity index (χ0n) is 12.8. The van der Waals surface area contributed by atoms with E-state index < -0.39 is 0 Å². The third-order valence-corrected chi connectivity index (χ3v) is 4.10. The Bertz CT molecular complexity index is 677. The average molecular weight is 292 g/mol. The molecule has 1 aromatic heterocycles. The van der Waals surface area contributed by atoms with E-state index >= 15 is 0 Å². The van der Waals surface area contributed by atoms with Crippen LogP contribution in [0.1, 0.15) is 24.5 Å². The van der Waals surface area contributed by atoms with Crippen LogP contribution in [0.15, 0.2) is 60.4 Å². The highest BCUT2D eigenvalue weighted by atomic mass is 16.2. The fourth-order valence-corrected chi connectivity index (χ4v) is 2.83. The van der Waals surface area contributed by atoms with Crippen LogP contribution in [0.5, 0.6) is 0 Å². The monoisotopic (exact) mass is 292 g/mol. The summed E-state index contributed by atoms with van der Waals surface area (Å²) in [4.78, 5) is 16.3. The molecule has 1 aromatic carbocycles. The van der Waals surface area contributed by atoms with Gasteiger partial charge in [0.05, 0.1) is 5.92 Å². The van der Waals surface area contributed by atoms with Gasteiger partial charge in [-0.1, -0.05) is 35.9 Å². The molecule has 0 saturated heterocycles. The van der Waals surface area contributed by atoms with Crippen molar-refractivity contribution in [1.82, 2.24) is 10.3 Å². The number of hydrogen-bond acceptors (Lipinski definition) is 2. The van der Waals surface area contributed by atoms with Gasteiger partial charge in [0.1, 0.15) is 0 Å². The molecule has 0 aliphatic heterocycles. The number of nitrogens with one attached hydrogen (secondary N) is 1. The van der Waals surface area contributed by atoms with Crippen LogP contribution >= 0.6 is 0 Å². The van der Waals surface area contributed by atoms with Crippen molar-refractivity contribution in [1.29, 1.82) is 0 Å². The van der Waals surface area contributed by atoms with Gasteiger partial charge >= 0.3 is 0 Å². The number of carbonyl (C=O) groups excluding carboxylic acids is 1. The average Bonchev–Trinajstić information content (AvgIpc) is 3.24. The van der Waals surface area contributed by atoms with Gasteiger partial charge in [-0.15, -0.1) is 0 Å². The van der Waals surface area contributed by atoms with Crippen molar-refractivity contribution < 1.29 is 4.79 Å². The molecule has 1 aliphatic carbocycles. The van der Waals surface area contributed by atoms with Crippen LogP contribution in [0.3, 0.4) is 0 Å². The smallest absolute Gasteiger partial charge is 0.231 e. The first-order chi connectivity index (χ1) is 10.8. The SMILES string of the molecule is CC1=C(c2ccccc2)C1C(=O)NCCCc1ccncc1. The summed E-state index contributed by atoms with van der Waals surface area (Å²) in [5.41, 5.74) is 4.80. The Balaban J connectivity index is 1.44. The molecule has 0 spiro atoms. The lowest BCUT2D eigenvalue weighted by molar-refractivity contribution is -0.121. The van der Waals surface area contributed by atoms with Crippen LogP contribution in [0.2, 0.25) is 0 Å². The van der Waals surface area contributed by atoms with Crippen molar-refractivity contribution in [2.24, 2.45) is 5.92 Å². The summed E-state index contributed by atoms with van der Waals surface area (Å²) in [6.07, 6.45) is 5.52. The second kappa shape index (κ2) is 6.56. The van der Waals surface area contributed by atoms with E-state index in [9.17, 15) is 4.79 Å². The molecule has 1 heterocycles. The molecule has 0 radical (unpaired) electrons. The largest absolute Gasteiger partial charge is 0.355 e. The van der Waals surface area contributed by atoms with Crippen LogP contribution in [0.25, 0.3) is 5.57 Å². The Morgan fingerprint density at radius 3 is 2.59 bits per heavy atom. The van der Waals surface area contributed by atoms with E-state index in [2.05, 4.69) is 22.4 Å². The van der Waals surface area contributed by atoms with Gasteiger partial charge in [-0.3, -0.25) is 9.78 Å². The Hall–Kier alpha value is -2.42. The van der Waals surface area contributed by atoms with Gasteiger partial charge in [0, 0.05) is 18.9 Å². The third kappa shape index (κ3) is 3.25. The molecule has 1 unspecified atom stereocenters. The number of benzene rings is 1. The van der Waals surface area contributed by atoms with Gasteiger partial charge < -0.3 is 5.32 Å². The lowest BCUT2D eigenvalue weighted by Crippen LogP contribution is -2.27. The Morgan fingerprint density at radius 2 is 1.86 bits per heavy atom. The van der Waals surface area contributed by atoms with Crippen molar-refractivity contribution in [2.45, 2.75) is 19.8 Å². The predicted molar refractivity (Wildman–Crippen MR) is 88.1 cm³/mol. The second-order valence-corrected chi connectivity index (χ2v) is 5.65. The highest BCUT2D eigenvalue weighted by molar-refractivity contribution is 6.05. The number of carbonyl (C=O) groups is 1. The van der Waals surface area contributed by atoms with Crippen molar-refractivity contribution in [2.75, 3.05) is 6.54 Å². The summed E-state index contributed by atoms with van der Waals surface area (Å²) in [7, 11) is 0. The minimum absolute atomic E-state index is 0.0247. The summed E-state index contributed by atoms with van der Waals surface area (Å²) >= 11 is 0. The lowest BCUT2D eigenvalue weighted by Gasteiger charge is -2.06. The quantitative estimate of drug-likeness (QED) is 0.831. The van der Waals surface area contributed by atoms with Gasteiger partial charge in [0.25, 0.3) is 0 Å². The van der Waals surface area contributed by atoms with Crippen LogP contribution in [-0.2, 0) is 11.2 Å². The number of amides is 1. The standard InChI is InChI=1S/C19H20N2O/c1-14-17(16-7-3-2-4-8-16)18(14)19(22)21-11-5-6-15-9-12-20-13-10-15/h2-4,7-10,12-13,18H,5-6,11H2,1H3,(H,21,22). The number of aromatic nitrogens is 1. The number of hydrogen-bond donors (Lipinski definition) is 1. The molecule has 1 atom stereocenters. The molecular formula is C19H20N2O. The van der Waals surface area contributed by atoms with Crippen molar-refractivity contribution in [3.8, 4) is 0 Å². The molecular weight excluding hydrogens is 272 g/mol. The summed E-state index contributed by atoms with van der Waals surface area (Å²) < 4.78 is 0. The predicted octanol–water partition coefficient (Wildman–Crippen LogP) is 3.23. The normalized spacial score (nSPS) is 16.5. The van der Waals surface area contributed by atoms with Gasteiger partial charge in [-0.2, -0.15) is 0 Å². The van der Waals surface area contributed by atoms with E-state index in [0.717, 1.165) is 18.4 Å². The maximum atomic E-state index is 12.2. The zero-order valence-corrected chi connectivity index (χ0v) is 12.8. The minimum Gasteiger partial charge on any atom is -0.355 e. The maximum absolute atomic E-state index is 12.2. The van der Waals surface area contributed by atoms with E-state index in [1.165, 1.54) is 16.7 Å². The summed E-state index contributed by atoms with van der Waals surface area (Å²) in [5, 5.41) is 3.05. The summed E-state index contributed by atoms with van der Waals surface area (Å²) in [6, 6.07) is 14.2. The number of pyridine rings is 1. The first kappa shape index (κ1) is 14.5. The summed E-state index contributed by atoms with van der Waals surface area (Å²) in [6.45, 7) is 2.76. The molecule has 1 aliphatic rings. The van der Waals surface area contributed by atoms with Gasteiger partial charge in [0.2, 0.25) is 5.91 Å². The van der Waals surface area contributed by atoms with E-state index in [1.54, 1.807) is 12.4 Å². The molecule has 1 N–H and O–H groups in total. The number of aryl methyl sites for hydroxylation is 1. The number of nitrogens with zero attached hydrogens (tertiary/aromatic N) is 1. The lowest BCUT2D eigenvalue weighted by atomic mass is 10.1.